The molecule has 0 aliphatic heterocycles. The van der Waals surface area contributed by atoms with Gasteiger partial charge in [0.2, 0.25) is 5.91 Å². The van der Waals surface area contributed by atoms with Crippen LogP contribution in [-0.4, -0.2) is 24.5 Å². The summed E-state index contributed by atoms with van der Waals surface area (Å²) in [7, 11) is 1.64. The number of hydrogen-bond acceptors (Lipinski definition) is 2. The van der Waals surface area contributed by atoms with Crippen LogP contribution in [0, 0.1) is 0 Å². The molecule has 5 heteroatoms. The lowest BCUT2D eigenvalue weighted by molar-refractivity contribution is -0.120. The van der Waals surface area contributed by atoms with E-state index in [4.69, 9.17) is 11.6 Å². The summed E-state index contributed by atoms with van der Waals surface area (Å²) < 4.78 is 0. The Hall–Kier alpha value is -1.52. The van der Waals surface area contributed by atoms with Gasteiger partial charge in [0.15, 0.2) is 0 Å². The summed E-state index contributed by atoms with van der Waals surface area (Å²) >= 11 is 5.93. The first kappa shape index (κ1) is 12.9. The molecule has 1 aromatic carbocycles. The van der Waals surface area contributed by atoms with Gasteiger partial charge in [-0.2, -0.15) is 0 Å². The molecule has 2 aromatic rings. The maximum Gasteiger partial charge on any atom is 0.221 e. The molecule has 0 atom stereocenters. The number of hydrogen-bond donors (Lipinski definition) is 3. The van der Waals surface area contributed by atoms with Gasteiger partial charge in [-0.3, -0.25) is 4.79 Å². The standard InChI is InChI=1S/C13H16ClN3O/c1-15-13(18)4-5-16-7-9-8-17-12-6-10(14)2-3-11(9)12/h2-3,6,8,16-17H,4-5,7H2,1H3,(H,15,18). The highest BCUT2D eigenvalue weighted by Crippen LogP contribution is 2.21. The SMILES string of the molecule is CNC(=O)CCNCc1c[nH]c2cc(Cl)ccc12. The number of H-pyrrole nitrogens is 1. The molecule has 0 bridgehead atoms. The van der Waals surface area contributed by atoms with E-state index in [1.807, 2.05) is 24.4 Å². The quantitative estimate of drug-likeness (QED) is 0.725. The monoisotopic (exact) mass is 265 g/mol. The minimum absolute atomic E-state index is 0.0493. The van der Waals surface area contributed by atoms with Crippen molar-refractivity contribution in [2.24, 2.45) is 0 Å². The maximum absolute atomic E-state index is 11.1. The highest BCUT2D eigenvalue weighted by atomic mass is 35.5. The number of carbonyl (C=O) groups excluding carboxylic acids is 1. The zero-order valence-electron chi connectivity index (χ0n) is 10.2. The fourth-order valence-electron chi connectivity index (χ4n) is 1.85. The zero-order chi connectivity index (χ0) is 13.0. The normalized spacial score (nSPS) is 10.8. The molecule has 0 spiro atoms. The second-order valence-corrected chi connectivity index (χ2v) is 4.54. The molecule has 0 fully saturated rings. The van der Waals surface area contributed by atoms with Crippen LogP contribution in [-0.2, 0) is 11.3 Å². The second kappa shape index (κ2) is 5.89. The van der Waals surface area contributed by atoms with Crippen LogP contribution in [0.1, 0.15) is 12.0 Å². The third-order valence-electron chi connectivity index (χ3n) is 2.85. The van der Waals surface area contributed by atoms with Gasteiger partial charge in [0.25, 0.3) is 0 Å². The van der Waals surface area contributed by atoms with Gasteiger partial charge in [-0.25, -0.2) is 0 Å². The lowest BCUT2D eigenvalue weighted by Gasteiger charge is -2.03. The number of fused-ring (bicyclic) bond motifs is 1. The van der Waals surface area contributed by atoms with Crippen LogP contribution in [0.2, 0.25) is 5.02 Å². The summed E-state index contributed by atoms with van der Waals surface area (Å²) in [5.74, 6) is 0.0493. The largest absolute Gasteiger partial charge is 0.361 e. The lowest BCUT2D eigenvalue weighted by Crippen LogP contribution is -2.24. The van der Waals surface area contributed by atoms with Crippen molar-refractivity contribution in [3.63, 3.8) is 0 Å². The first-order chi connectivity index (χ1) is 8.70. The maximum atomic E-state index is 11.1. The van der Waals surface area contributed by atoms with Crippen molar-refractivity contribution < 1.29 is 4.79 Å². The molecule has 96 valence electrons. The van der Waals surface area contributed by atoms with Crippen LogP contribution in [0.3, 0.4) is 0 Å². The Morgan fingerprint density at radius 1 is 1.44 bits per heavy atom. The number of rotatable bonds is 5. The smallest absolute Gasteiger partial charge is 0.221 e. The molecule has 2 rings (SSSR count). The van der Waals surface area contributed by atoms with E-state index in [-0.39, 0.29) is 5.91 Å². The fraction of sp³-hybridized carbons (Fsp3) is 0.308. The van der Waals surface area contributed by atoms with E-state index in [2.05, 4.69) is 15.6 Å². The van der Waals surface area contributed by atoms with E-state index >= 15 is 0 Å². The third kappa shape index (κ3) is 3.03. The average Bonchev–Trinajstić information content (AvgIpc) is 2.76. The van der Waals surface area contributed by atoms with Crippen LogP contribution in [0.15, 0.2) is 24.4 Å². The topological polar surface area (TPSA) is 56.9 Å². The van der Waals surface area contributed by atoms with Gasteiger partial charge in [-0.1, -0.05) is 17.7 Å². The Morgan fingerprint density at radius 2 is 2.28 bits per heavy atom. The summed E-state index contributed by atoms with van der Waals surface area (Å²) in [6, 6.07) is 5.79. The van der Waals surface area contributed by atoms with E-state index in [0.717, 1.165) is 22.5 Å². The number of aromatic nitrogens is 1. The lowest BCUT2D eigenvalue weighted by atomic mass is 10.2. The number of benzene rings is 1. The second-order valence-electron chi connectivity index (χ2n) is 4.10. The number of aromatic amines is 1. The van der Waals surface area contributed by atoms with Crippen LogP contribution >= 0.6 is 11.6 Å². The van der Waals surface area contributed by atoms with Crippen molar-refractivity contribution in [3.05, 3.63) is 35.0 Å². The molecule has 1 aromatic heterocycles. The van der Waals surface area contributed by atoms with Crippen molar-refractivity contribution >= 4 is 28.4 Å². The average molecular weight is 266 g/mol. The number of nitrogens with one attached hydrogen (secondary N) is 3. The number of amides is 1. The minimum Gasteiger partial charge on any atom is -0.361 e. The van der Waals surface area contributed by atoms with Crippen LogP contribution < -0.4 is 10.6 Å². The van der Waals surface area contributed by atoms with E-state index in [0.29, 0.717) is 13.0 Å². The Labute approximate surface area is 111 Å². The van der Waals surface area contributed by atoms with Gasteiger partial charge < -0.3 is 15.6 Å². The third-order valence-corrected chi connectivity index (χ3v) is 3.09. The molecule has 0 aliphatic carbocycles. The predicted octanol–water partition coefficient (Wildman–Crippen LogP) is 2.05. The molecule has 0 aliphatic rings. The zero-order valence-corrected chi connectivity index (χ0v) is 11.0. The highest BCUT2D eigenvalue weighted by molar-refractivity contribution is 6.31. The summed E-state index contributed by atoms with van der Waals surface area (Å²) in [6.45, 7) is 1.40. The van der Waals surface area contributed by atoms with Gasteiger partial charge in [-0.05, 0) is 17.7 Å². The van der Waals surface area contributed by atoms with Crippen molar-refractivity contribution in [1.82, 2.24) is 15.6 Å². The van der Waals surface area contributed by atoms with Gasteiger partial charge in [0, 0.05) is 48.7 Å². The van der Waals surface area contributed by atoms with Crippen LogP contribution in [0.5, 0.6) is 0 Å². The van der Waals surface area contributed by atoms with Gasteiger partial charge in [0.05, 0.1) is 0 Å². The predicted molar refractivity (Wildman–Crippen MR) is 73.7 cm³/mol. The molecule has 3 N–H and O–H groups in total. The molecule has 0 radical (unpaired) electrons. The molecule has 0 unspecified atom stereocenters. The Kier molecular flexibility index (Phi) is 4.23. The van der Waals surface area contributed by atoms with E-state index in [1.165, 1.54) is 5.56 Å². The minimum atomic E-state index is 0.0493. The molecule has 4 nitrogen and oxygen atoms in total. The van der Waals surface area contributed by atoms with Crippen molar-refractivity contribution in [1.29, 1.82) is 0 Å². The molecule has 0 saturated carbocycles. The molecular weight excluding hydrogens is 250 g/mol. The number of carbonyl (C=O) groups is 1. The molecule has 18 heavy (non-hydrogen) atoms. The van der Waals surface area contributed by atoms with Gasteiger partial charge in [0.1, 0.15) is 0 Å². The first-order valence-electron chi connectivity index (χ1n) is 5.87. The summed E-state index contributed by atoms with van der Waals surface area (Å²) in [6.07, 6.45) is 2.46. The first-order valence-corrected chi connectivity index (χ1v) is 6.25. The van der Waals surface area contributed by atoms with Crippen LogP contribution in [0.4, 0.5) is 0 Å². The van der Waals surface area contributed by atoms with Gasteiger partial charge in [-0.15, -0.1) is 0 Å². The summed E-state index contributed by atoms with van der Waals surface area (Å²) in [5, 5.41) is 7.73. The van der Waals surface area contributed by atoms with E-state index in [9.17, 15) is 4.79 Å². The Morgan fingerprint density at radius 3 is 3.06 bits per heavy atom. The summed E-state index contributed by atoms with van der Waals surface area (Å²) in [4.78, 5) is 14.2. The van der Waals surface area contributed by atoms with Crippen molar-refractivity contribution in [2.45, 2.75) is 13.0 Å². The fourth-order valence-corrected chi connectivity index (χ4v) is 2.03. The molecule has 0 saturated heterocycles. The Balaban J connectivity index is 1.94. The number of halogens is 1. The van der Waals surface area contributed by atoms with E-state index < -0.39 is 0 Å². The van der Waals surface area contributed by atoms with Crippen LogP contribution in [0.25, 0.3) is 10.9 Å². The highest BCUT2D eigenvalue weighted by Gasteiger charge is 2.04. The molecule has 1 amide bonds. The Bertz CT molecular complexity index is 550. The van der Waals surface area contributed by atoms with Crippen molar-refractivity contribution in [3.8, 4) is 0 Å². The summed E-state index contributed by atoms with van der Waals surface area (Å²) in [5.41, 5.74) is 2.21. The van der Waals surface area contributed by atoms with Gasteiger partial charge >= 0.3 is 0 Å². The molecule has 1 heterocycles. The molecular formula is C13H16ClN3O. The van der Waals surface area contributed by atoms with E-state index in [1.54, 1.807) is 7.05 Å². The van der Waals surface area contributed by atoms with Crippen molar-refractivity contribution in [2.75, 3.05) is 13.6 Å².